The highest BCUT2D eigenvalue weighted by Crippen LogP contribution is 2.40. The smallest absolute Gasteiger partial charge is 0.191 e. The van der Waals surface area contributed by atoms with E-state index in [1.54, 1.807) is 0 Å². The zero-order valence-electron chi connectivity index (χ0n) is 16.4. The van der Waals surface area contributed by atoms with Crippen molar-refractivity contribution >= 4 is 29.9 Å². The second kappa shape index (κ2) is 10.7. The van der Waals surface area contributed by atoms with E-state index < -0.39 is 0 Å². The summed E-state index contributed by atoms with van der Waals surface area (Å²) >= 11 is 0. The van der Waals surface area contributed by atoms with Crippen molar-refractivity contribution < 1.29 is 0 Å². The summed E-state index contributed by atoms with van der Waals surface area (Å²) in [5, 5.41) is 11.3. The first-order valence-electron chi connectivity index (χ1n) is 9.71. The molecule has 1 aromatic carbocycles. The van der Waals surface area contributed by atoms with Crippen LogP contribution in [0.25, 0.3) is 0 Å². The minimum Gasteiger partial charge on any atom is -0.356 e. The van der Waals surface area contributed by atoms with Crippen LogP contribution < -0.4 is 10.6 Å². The van der Waals surface area contributed by atoms with E-state index in [0.717, 1.165) is 32.0 Å². The van der Waals surface area contributed by atoms with E-state index >= 15 is 0 Å². The van der Waals surface area contributed by atoms with E-state index in [1.807, 2.05) is 17.9 Å². The SMILES string of the molecule is CN=C(NCCCn1cc(C)cn1)NCC1(c2ccccc2)CCCC1.I. The summed E-state index contributed by atoms with van der Waals surface area (Å²) in [4.78, 5) is 4.39. The zero-order chi connectivity index (χ0) is 18.2. The Labute approximate surface area is 180 Å². The lowest BCUT2D eigenvalue weighted by Gasteiger charge is -2.30. The summed E-state index contributed by atoms with van der Waals surface area (Å²) in [5.41, 5.74) is 2.90. The van der Waals surface area contributed by atoms with E-state index in [4.69, 9.17) is 0 Å². The molecule has 1 heterocycles. The fourth-order valence-corrected chi connectivity index (χ4v) is 3.92. The molecule has 0 aliphatic heterocycles. The lowest BCUT2D eigenvalue weighted by Crippen LogP contribution is -2.45. The minimum atomic E-state index is 0. The number of nitrogens with one attached hydrogen (secondary N) is 2. The Hall–Kier alpha value is -1.57. The van der Waals surface area contributed by atoms with Crippen LogP contribution in [0.15, 0.2) is 47.7 Å². The number of hydrogen-bond acceptors (Lipinski definition) is 2. The van der Waals surface area contributed by atoms with E-state index in [9.17, 15) is 0 Å². The number of benzene rings is 1. The zero-order valence-corrected chi connectivity index (χ0v) is 18.8. The molecule has 1 aliphatic rings. The largest absolute Gasteiger partial charge is 0.356 e. The molecule has 5 nitrogen and oxygen atoms in total. The van der Waals surface area contributed by atoms with E-state index in [1.165, 1.54) is 36.8 Å². The highest BCUT2D eigenvalue weighted by Gasteiger charge is 2.35. The number of aliphatic imine (C=N–C) groups is 1. The van der Waals surface area contributed by atoms with Gasteiger partial charge in [-0.2, -0.15) is 5.10 Å². The van der Waals surface area contributed by atoms with Gasteiger partial charge in [0.05, 0.1) is 6.20 Å². The molecule has 1 saturated carbocycles. The number of guanidine groups is 1. The normalized spacial score (nSPS) is 16.0. The average Bonchev–Trinajstić information content (AvgIpc) is 3.32. The van der Waals surface area contributed by atoms with Crippen LogP contribution in [-0.2, 0) is 12.0 Å². The van der Waals surface area contributed by atoms with Crippen LogP contribution in [0.2, 0.25) is 0 Å². The summed E-state index contributed by atoms with van der Waals surface area (Å²) in [6.45, 7) is 4.82. The first-order valence-corrected chi connectivity index (χ1v) is 9.71. The van der Waals surface area contributed by atoms with Gasteiger partial charge >= 0.3 is 0 Å². The van der Waals surface area contributed by atoms with Gasteiger partial charge in [-0.25, -0.2) is 0 Å². The van der Waals surface area contributed by atoms with Crippen LogP contribution in [0.1, 0.15) is 43.2 Å². The van der Waals surface area contributed by atoms with Crippen LogP contribution in [0.5, 0.6) is 0 Å². The summed E-state index contributed by atoms with van der Waals surface area (Å²) in [6, 6.07) is 10.9. The molecule has 1 aromatic heterocycles. The van der Waals surface area contributed by atoms with Gasteiger partial charge in [-0.3, -0.25) is 9.67 Å². The molecule has 0 unspecified atom stereocenters. The van der Waals surface area contributed by atoms with Gasteiger partial charge < -0.3 is 10.6 Å². The Morgan fingerprint density at radius 1 is 1.19 bits per heavy atom. The third-order valence-corrected chi connectivity index (χ3v) is 5.38. The average molecular weight is 481 g/mol. The Balaban J connectivity index is 0.00000261. The van der Waals surface area contributed by atoms with Crippen LogP contribution in [0.4, 0.5) is 0 Å². The van der Waals surface area contributed by atoms with Crippen molar-refractivity contribution in [1.82, 2.24) is 20.4 Å². The Bertz CT molecular complexity index is 704. The molecule has 0 atom stereocenters. The van der Waals surface area contributed by atoms with Crippen molar-refractivity contribution in [3.63, 3.8) is 0 Å². The first kappa shape index (κ1) is 21.7. The summed E-state index contributed by atoms with van der Waals surface area (Å²) in [5.74, 6) is 0.892. The Morgan fingerprint density at radius 3 is 2.56 bits per heavy atom. The highest BCUT2D eigenvalue weighted by molar-refractivity contribution is 14.0. The first-order chi connectivity index (χ1) is 12.7. The number of aryl methyl sites for hydroxylation is 2. The van der Waals surface area contributed by atoms with Crippen LogP contribution in [0, 0.1) is 6.92 Å². The maximum absolute atomic E-state index is 4.39. The second-order valence-corrected chi connectivity index (χ2v) is 7.34. The lowest BCUT2D eigenvalue weighted by molar-refractivity contribution is 0.431. The predicted octanol–water partition coefficient (Wildman–Crippen LogP) is 3.88. The molecule has 1 fully saturated rings. The number of aromatic nitrogens is 2. The molecule has 2 aromatic rings. The van der Waals surface area contributed by atoms with E-state index in [0.29, 0.717) is 0 Å². The van der Waals surface area contributed by atoms with Crippen molar-refractivity contribution in [3.8, 4) is 0 Å². The minimum absolute atomic E-state index is 0. The van der Waals surface area contributed by atoms with Gasteiger partial charge in [0, 0.05) is 38.3 Å². The van der Waals surface area contributed by atoms with Gasteiger partial charge in [0.15, 0.2) is 5.96 Å². The topological polar surface area (TPSA) is 54.2 Å². The summed E-state index contributed by atoms with van der Waals surface area (Å²) in [6.07, 6.45) is 10.1. The number of hydrogen-bond donors (Lipinski definition) is 2. The molecular weight excluding hydrogens is 449 g/mol. The molecule has 0 amide bonds. The summed E-state index contributed by atoms with van der Waals surface area (Å²) in [7, 11) is 1.84. The quantitative estimate of drug-likeness (QED) is 0.273. The Morgan fingerprint density at radius 2 is 1.93 bits per heavy atom. The van der Waals surface area contributed by atoms with Crippen molar-refractivity contribution in [1.29, 1.82) is 0 Å². The van der Waals surface area contributed by atoms with Crippen LogP contribution >= 0.6 is 24.0 Å². The van der Waals surface area contributed by atoms with Gasteiger partial charge in [0.2, 0.25) is 0 Å². The molecule has 0 spiro atoms. The molecule has 6 heteroatoms. The Kier molecular flexibility index (Phi) is 8.60. The monoisotopic (exact) mass is 481 g/mol. The van der Waals surface area contributed by atoms with E-state index in [2.05, 4.69) is 64.2 Å². The van der Waals surface area contributed by atoms with Crippen molar-refractivity contribution in [2.75, 3.05) is 20.1 Å². The van der Waals surface area contributed by atoms with Gasteiger partial charge in [-0.1, -0.05) is 43.2 Å². The fraction of sp³-hybridized carbons (Fsp3) is 0.524. The summed E-state index contributed by atoms with van der Waals surface area (Å²) < 4.78 is 2.00. The molecule has 0 saturated heterocycles. The van der Waals surface area contributed by atoms with Gasteiger partial charge in [-0.05, 0) is 37.3 Å². The molecule has 2 N–H and O–H groups in total. The van der Waals surface area contributed by atoms with Gasteiger partial charge in [-0.15, -0.1) is 24.0 Å². The molecule has 0 bridgehead atoms. The van der Waals surface area contributed by atoms with Crippen molar-refractivity contribution in [2.45, 2.75) is 51.0 Å². The standard InChI is InChI=1S/C21H31N5.HI/c1-18-15-25-26(16-18)14-8-13-23-20(22-2)24-17-21(11-6-7-12-21)19-9-4-3-5-10-19;/h3-5,9-10,15-16H,6-8,11-14,17H2,1-2H3,(H2,22,23,24);1H. The number of rotatable bonds is 7. The second-order valence-electron chi connectivity index (χ2n) is 7.34. The predicted molar refractivity (Wildman–Crippen MR) is 123 cm³/mol. The molecule has 148 valence electrons. The van der Waals surface area contributed by atoms with Crippen LogP contribution in [0.3, 0.4) is 0 Å². The molecule has 3 rings (SSSR count). The van der Waals surface area contributed by atoms with Crippen LogP contribution in [-0.4, -0.2) is 35.9 Å². The fourth-order valence-electron chi connectivity index (χ4n) is 3.92. The molecule has 1 aliphatic carbocycles. The molecule has 27 heavy (non-hydrogen) atoms. The third kappa shape index (κ3) is 5.96. The lowest BCUT2D eigenvalue weighted by atomic mass is 9.79. The van der Waals surface area contributed by atoms with Gasteiger partial charge in [0.25, 0.3) is 0 Å². The van der Waals surface area contributed by atoms with Crippen molar-refractivity contribution in [2.24, 2.45) is 4.99 Å². The number of nitrogens with zero attached hydrogens (tertiary/aromatic N) is 3. The molecular formula is C21H32IN5. The van der Waals surface area contributed by atoms with E-state index in [-0.39, 0.29) is 29.4 Å². The molecule has 0 radical (unpaired) electrons. The third-order valence-electron chi connectivity index (χ3n) is 5.38. The maximum Gasteiger partial charge on any atom is 0.191 e. The number of halogens is 1. The maximum atomic E-state index is 4.39. The highest BCUT2D eigenvalue weighted by atomic mass is 127. The van der Waals surface area contributed by atoms with Crippen molar-refractivity contribution in [3.05, 3.63) is 53.9 Å². The van der Waals surface area contributed by atoms with Gasteiger partial charge in [0.1, 0.15) is 0 Å².